The van der Waals surface area contributed by atoms with Crippen molar-refractivity contribution in [2.75, 3.05) is 51.1 Å². The van der Waals surface area contributed by atoms with E-state index in [0.29, 0.717) is 64.7 Å². The van der Waals surface area contributed by atoms with Crippen LogP contribution in [0.5, 0.6) is 11.5 Å². The molecule has 0 fully saturated rings. The summed E-state index contributed by atoms with van der Waals surface area (Å²) in [5.41, 5.74) is 2.34. The average Bonchev–Trinajstić information content (AvgIpc) is 3.08. The molecule has 0 saturated carbocycles. The molecule has 4 atom stereocenters. The molecule has 0 saturated heterocycles. The Morgan fingerprint density at radius 3 is 2.45 bits per heavy atom. The Bertz CT molecular complexity index is 1540. The first-order valence-electron chi connectivity index (χ1n) is 16.7. The monoisotopic (exact) mass is 714 g/mol. The number of nitrogens with zero attached hydrogens (tertiary/aromatic N) is 2. The Hall–Kier alpha value is -3.54. The smallest absolute Gasteiger partial charge is 0.323 e. The van der Waals surface area contributed by atoms with E-state index in [1.165, 1.54) is 0 Å². The van der Waals surface area contributed by atoms with Gasteiger partial charge < -0.3 is 34.9 Å². The van der Waals surface area contributed by atoms with Crippen LogP contribution >= 0.6 is 23.2 Å². The Morgan fingerprint density at radius 2 is 1.76 bits per heavy atom. The van der Waals surface area contributed by atoms with Gasteiger partial charge in [-0.25, -0.2) is 4.79 Å². The molecule has 4 rings (SSSR count). The van der Waals surface area contributed by atoms with Crippen molar-refractivity contribution in [2.24, 2.45) is 5.92 Å². The van der Waals surface area contributed by atoms with E-state index in [9.17, 15) is 14.7 Å². The Labute approximate surface area is 299 Å². The molecule has 10 nitrogen and oxygen atoms in total. The van der Waals surface area contributed by atoms with Crippen molar-refractivity contribution in [2.45, 2.75) is 64.8 Å². The minimum absolute atomic E-state index is 0.0861. The number of halogens is 2. The van der Waals surface area contributed by atoms with Gasteiger partial charge in [0.2, 0.25) is 0 Å². The fourth-order valence-electron chi connectivity index (χ4n) is 5.75. The van der Waals surface area contributed by atoms with Crippen molar-refractivity contribution in [3.63, 3.8) is 0 Å². The molecule has 1 aliphatic heterocycles. The molecule has 0 aliphatic carbocycles. The molecule has 0 aromatic heterocycles. The number of ether oxygens (including phenoxy) is 3. The number of carbonyl (C=O) groups excluding carboxylic acids is 2. The van der Waals surface area contributed by atoms with E-state index in [-0.39, 0.29) is 30.6 Å². The molecular formula is C37H48Cl2N4O6. The van der Waals surface area contributed by atoms with Crippen molar-refractivity contribution in [3.8, 4) is 11.5 Å². The Balaban J connectivity index is 1.57. The summed E-state index contributed by atoms with van der Waals surface area (Å²) >= 11 is 12.4. The number of hydrogen-bond donors (Lipinski definition) is 3. The number of nitrogens with one attached hydrogen (secondary N) is 2. The van der Waals surface area contributed by atoms with Gasteiger partial charge in [-0.3, -0.25) is 9.69 Å². The van der Waals surface area contributed by atoms with Crippen LogP contribution in [-0.4, -0.2) is 85.6 Å². The minimum atomic E-state index is -0.488. The number of anilines is 2. The van der Waals surface area contributed by atoms with Gasteiger partial charge in [-0.1, -0.05) is 36.2 Å². The molecule has 3 aromatic rings. The molecule has 1 heterocycles. The maximum absolute atomic E-state index is 14.4. The number of fused-ring (bicyclic) bond motifs is 1. The normalized spacial score (nSPS) is 19.7. The minimum Gasteiger partial charge on any atom is -0.497 e. The van der Waals surface area contributed by atoms with Gasteiger partial charge in [0.25, 0.3) is 5.91 Å². The van der Waals surface area contributed by atoms with E-state index < -0.39 is 12.1 Å². The highest BCUT2D eigenvalue weighted by Gasteiger charge is 2.30. The molecule has 0 spiro atoms. The average molecular weight is 716 g/mol. The van der Waals surface area contributed by atoms with Gasteiger partial charge >= 0.3 is 6.03 Å². The third-order valence-corrected chi connectivity index (χ3v) is 9.32. The lowest BCUT2D eigenvalue weighted by Crippen LogP contribution is -2.47. The first-order chi connectivity index (χ1) is 23.5. The lowest BCUT2D eigenvalue weighted by molar-refractivity contribution is -0.0177. The molecule has 0 radical (unpaired) electrons. The molecule has 12 heteroatoms. The van der Waals surface area contributed by atoms with Gasteiger partial charge in [0, 0.05) is 43.5 Å². The number of hydrogen-bond acceptors (Lipinski definition) is 7. The quantitative estimate of drug-likeness (QED) is 0.210. The summed E-state index contributed by atoms with van der Waals surface area (Å²) in [4.78, 5) is 31.1. The highest BCUT2D eigenvalue weighted by molar-refractivity contribution is 6.42. The van der Waals surface area contributed by atoms with Crippen LogP contribution in [0, 0.1) is 5.92 Å². The predicted molar refractivity (Wildman–Crippen MR) is 195 cm³/mol. The molecule has 1 aliphatic rings. The number of amides is 3. The summed E-state index contributed by atoms with van der Waals surface area (Å²) in [6.45, 7) is 7.80. The van der Waals surface area contributed by atoms with Crippen molar-refractivity contribution in [1.82, 2.24) is 9.80 Å². The number of benzene rings is 3. The van der Waals surface area contributed by atoms with E-state index in [2.05, 4.69) is 22.5 Å². The zero-order valence-electron chi connectivity index (χ0n) is 28.9. The van der Waals surface area contributed by atoms with E-state index in [1.54, 1.807) is 60.5 Å². The summed E-state index contributed by atoms with van der Waals surface area (Å²) in [7, 11) is 3.60. The van der Waals surface area contributed by atoms with Crippen LogP contribution < -0.4 is 20.1 Å². The number of methoxy groups -OCH3 is 1. The standard InChI is InChI=1S/C37H48Cl2N4O6/c1-24-20-43(25(2)23-44)36(45)31-19-29(41-37(46)40-28-10-13-30(47-5)14-11-28)12-16-34(31)49-26(3)8-6-7-17-48-35(24)22-42(4)21-27-9-15-32(38)33(39)18-27/h9-16,18-19,24-26,35,44H,6-8,17,20-23H2,1-5H3,(H2,40,41,46)/t24-,25-,26+,35+/m1/s1. The number of aliphatic hydroxyl groups excluding tert-OH is 1. The largest absolute Gasteiger partial charge is 0.497 e. The fraction of sp³-hybridized carbons (Fsp3) is 0.459. The fourth-order valence-corrected chi connectivity index (χ4v) is 6.07. The number of carbonyl (C=O) groups is 2. The maximum atomic E-state index is 14.4. The first-order valence-corrected chi connectivity index (χ1v) is 17.4. The van der Waals surface area contributed by atoms with E-state index in [4.69, 9.17) is 37.4 Å². The molecule has 266 valence electrons. The van der Waals surface area contributed by atoms with E-state index in [1.807, 2.05) is 33.0 Å². The molecule has 3 N–H and O–H groups in total. The van der Waals surface area contributed by atoms with Gasteiger partial charge in [0.05, 0.1) is 47.6 Å². The summed E-state index contributed by atoms with van der Waals surface area (Å²) in [5.74, 6) is 0.702. The molecule has 3 aromatic carbocycles. The van der Waals surface area contributed by atoms with Crippen LogP contribution in [0.15, 0.2) is 60.7 Å². The SMILES string of the molecule is COc1ccc(NC(=O)Nc2ccc3c(c2)C(=O)N([C@H](C)CO)C[C@@H](C)[C@H](CN(C)Cc2ccc(Cl)c(Cl)c2)OCCCC[C@H](C)O3)cc1. The van der Waals surface area contributed by atoms with Gasteiger partial charge in [0.15, 0.2) is 0 Å². The first kappa shape index (κ1) is 38.3. The second-order valence-corrected chi connectivity index (χ2v) is 13.6. The van der Waals surface area contributed by atoms with Crippen LogP contribution in [0.3, 0.4) is 0 Å². The molecular weight excluding hydrogens is 667 g/mol. The van der Waals surface area contributed by atoms with Gasteiger partial charge in [0.1, 0.15) is 11.5 Å². The van der Waals surface area contributed by atoms with Gasteiger partial charge in [-0.15, -0.1) is 0 Å². The highest BCUT2D eigenvalue weighted by atomic mass is 35.5. The van der Waals surface area contributed by atoms with Crippen molar-refractivity contribution in [1.29, 1.82) is 0 Å². The molecule has 3 amide bonds. The Morgan fingerprint density at radius 1 is 1.04 bits per heavy atom. The second kappa shape index (κ2) is 18.5. The van der Waals surface area contributed by atoms with Crippen LogP contribution in [0.1, 0.15) is 56.0 Å². The lowest BCUT2D eigenvalue weighted by atomic mass is 10.0. The van der Waals surface area contributed by atoms with Gasteiger partial charge in [-0.2, -0.15) is 0 Å². The zero-order valence-corrected chi connectivity index (χ0v) is 30.4. The third kappa shape index (κ3) is 11.2. The second-order valence-electron chi connectivity index (χ2n) is 12.8. The summed E-state index contributed by atoms with van der Waals surface area (Å²) in [6.07, 6.45) is 2.17. The number of urea groups is 1. The predicted octanol–water partition coefficient (Wildman–Crippen LogP) is 7.57. The highest BCUT2D eigenvalue weighted by Crippen LogP contribution is 2.29. The lowest BCUT2D eigenvalue weighted by Gasteiger charge is -2.36. The van der Waals surface area contributed by atoms with Gasteiger partial charge in [-0.05, 0) is 100 Å². The topological polar surface area (TPSA) is 113 Å². The molecule has 0 bridgehead atoms. The summed E-state index contributed by atoms with van der Waals surface area (Å²) in [6, 6.07) is 16.7. The summed E-state index contributed by atoms with van der Waals surface area (Å²) < 4.78 is 18.0. The van der Waals surface area contributed by atoms with Crippen LogP contribution in [-0.2, 0) is 11.3 Å². The van der Waals surface area contributed by atoms with E-state index >= 15 is 0 Å². The van der Waals surface area contributed by atoms with E-state index in [0.717, 1.165) is 24.8 Å². The van der Waals surface area contributed by atoms with Crippen molar-refractivity contribution in [3.05, 3.63) is 81.8 Å². The van der Waals surface area contributed by atoms with Crippen LogP contribution in [0.25, 0.3) is 0 Å². The van der Waals surface area contributed by atoms with Crippen LogP contribution in [0.4, 0.5) is 16.2 Å². The summed E-state index contributed by atoms with van der Waals surface area (Å²) in [5, 5.41) is 16.9. The van der Waals surface area contributed by atoms with Crippen LogP contribution in [0.2, 0.25) is 10.0 Å². The number of rotatable bonds is 9. The number of aliphatic hydroxyl groups is 1. The Kier molecular flexibility index (Phi) is 14.4. The third-order valence-electron chi connectivity index (χ3n) is 8.59. The number of likely N-dealkylation sites (N-methyl/N-ethyl adjacent to an activating group) is 1. The zero-order chi connectivity index (χ0) is 35.5. The van der Waals surface area contributed by atoms with Crippen molar-refractivity contribution < 1.29 is 28.9 Å². The maximum Gasteiger partial charge on any atom is 0.323 e. The molecule has 49 heavy (non-hydrogen) atoms. The molecule has 0 unspecified atom stereocenters. The van der Waals surface area contributed by atoms with Crippen molar-refractivity contribution >= 4 is 46.5 Å².